The van der Waals surface area contributed by atoms with Crippen LogP contribution in [0.15, 0.2) is 40.9 Å². The predicted molar refractivity (Wildman–Crippen MR) is 74.4 cm³/mol. The quantitative estimate of drug-likeness (QED) is 0.668. The van der Waals surface area contributed by atoms with Gasteiger partial charge in [0, 0.05) is 16.1 Å². The molecule has 0 aliphatic heterocycles. The fourth-order valence-electron chi connectivity index (χ4n) is 2.03. The van der Waals surface area contributed by atoms with Crippen molar-refractivity contribution in [2.24, 2.45) is 5.84 Å². The van der Waals surface area contributed by atoms with E-state index in [2.05, 4.69) is 21.4 Å². The summed E-state index contributed by atoms with van der Waals surface area (Å²) in [5.41, 5.74) is 4.70. The van der Waals surface area contributed by atoms with E-state index in [-0.39, 0.29) is 0 Å². The maximum absolute atomic E-state index is 13.8. The molecule has 19 heavy (non-hydrogen) atoms. The standard InChI is InChI=1S/C14H13BrF2N2/c1-8-4-9(6-10(15)5-8)14(19-18)12-3-2-11(16)7-13(12)17/h2-7,14,19H,18H2,1H3. The van der Waals surface area contributed by atoms with Crippen molar-refractivity contribution in [1.82, 2.24) is 5.43 Å². The summed E-state index contributed by atoms with van der Waals surface area (Å²) in [7, 11) is 0. The van der Waals surface area contributed by atoms with Crippen LogP contribution < -0.4 is 11.3 Å². The van der Waals surface area contributed by atoms with E-state index in [9.17, 15) is 8.78 Å². The molecular formula is C14H13BrF2N2. The minimum absolute atomic E-state index is 0.307. The first-order chi connectivity index (χ1) is 9.01. The summed E-state index contributed by atoms with van der Waals surface area (Å²) in [5, 5.41) is 0. The van der Waals surface area contributed by atoms with E-state index >= 15 is 0 Å². The Labute approximate surface area is 118 Å². The summed E-state index contributed by atoms with van der Waals surface area (Å²) >= 11 is 3.39. The molecule has 0 radical (unpaired) electrons. The Hall–Kier alpha value is -1.30. The second-order valence-electron chi connectivity index (χ2n) is 4.33. The number of nitrogens with two attached hydrogens (primary N) is 1. The van der Waals surface area contributed by atoms with Crippen molar-refractivity contribution in [2.45, 2.75) is 13.0 Å². The molecule has 0 heterocycles. The molecule has 0 bridgehead atoms. The lowest BCUT2D eigenvalue weighted by molar-refractivity contribution is 0.541. The summed E-state index contributed by atoms with van der Waals surface area (Å²) in [5.74, 6) is 4.28. The van der Waals surface area contributed by atoms with Gasteiger partial charge in [-0.2, -0.15) is 0 Å². The van der Waals surface area contributed by atoms with Gasteiger partial charge in [-0.05, 0) is 36.2 Å². The molecule has 100 valence electrons. The van der Waals surface area contributed by atoms with Crippen molar-refractivity contribution in [2.75, 3.05) is 0 Å². The fourth-order valence-corrected chi connectivity index (χ4v) is 2.66. The van der Waals surface area contributed by atoms with Crippen molar-refractivity contribution in [3.8, 4) is 0 Å². The molecule has 0 aliphatic carbocycles. The first kappa shape index (κ1) is 14.1. The number of nitrogens with one attached hydrogen (secondary N) is 1. The second kappa shape index (κ2) is 5.77. The average molecular weight is 327 g/mol. The molecule has 1 unspecified atom stereocenters. The van der Waals surface area contributed by atoms with Crippen molar-refractivity contribution >= 4 is 15.9 Å². The lowest BCUT2D eigenvalue weighted by Crippen LogP contribution is -2.29. The van der Waals surface area contributed by atoms with Gasteiger partial charge in [0.1, 0.15) is 11.6 Å². The third-order valence-corrected chi connectivity index (χ3v) is 3.30. The highest BCUT2D eigenvalue weighted by atomic mass is 79.9. The minimum Gasteiger partial charge on any atom is -0.271 e. The van der Waals surface area contributed by atoms with Crippen LogP contribution >= 0.6 is 15.9 Å². The van der Waals surface area contributed by atoms with Crippen molar-refractivity contribution in [3.63, 3.8) is 0 Å². The van der Waals surface area contributed by atoms with Crippen molar-refractivity contribution in [1.29, 1.82) is 0 Å². The molecule has 0 amide bonds. The van der Waals surface area contributed by atoms with Crippen LogP contribution in [-0.4, -0.2) is 0 Å². The van der Waals surface area contributed by atoms with Crippen LogP contribution in [0.25, 0.3) is 0 Å². The summed E-state index contributed by atoms with van der Waals surface area (Å²) < 4.78 is 27.7. The smallest absolute Gasteiger partial charge is 0.131 e. The third kappa shape index (κ3) is 3.18. The van der Waals surface area contributed by atoms with E-state index in [1.807, 2.05) is 25.1 Å². The first-order valence-electron chi connectivity index (χ1n) is 5.69. The van der Waals surface area contributed by atoms with E-state index < -0.39 is 17.7 Å². The second-order valence-corrected chi connectivity index (χ2v) is 5.24. The lowest BCUT2D eigenvalue weighted by atomic mass is 9.97. The maximum Gasteiger partial charge on any atom is 0.131 e. The minimum atomic E-state index is -0.624. The Balaban J connectivity index is 2.49. The molecule has 2 aromatic carbocycles. The van der Waals surface area contributed by atoms with E-state index in [4.69, 9.17) is 5.84 Å². The van der Waals surface area contributed by atoms with E-state index in [0.717, 1.165) is 21.7 Å². The zero-order chi connectivity index (χ0) is 14.0. The Kier molecular flexibility index (Phi) is 4.29. The summed E-state index contributed by atoms with van der Waals surface area (Å²) in [4.78, 5) is 0. The Bertz CT molecular complexity index is 582. The van der Waals surface area contributed by atoms with Gasteiger partial charge in [-0.15, -0.1) is 0 Å². The zero-order valence-corrected chi connectivity index (χ0v) is 11.8. The normalized spacial score (nSPS) is 12.5. The lowest BCUT2D eigenvalue weighted by Gasteiger charge is -2.18. The van der Waals surface area contributed by atoms with Gasteiger partial charge in [0.05, 0.1) is 6.04 Å². The molecule has 5 heteroatoms. The fraction of sp³-hybridized carbons (Fsp3) is 0.143. The van der Waals surface area contributed by atoms with Crippen LogP contribution in [0.5, 0.6) is 0 Å². The van der Waals surface area contributed by atoms with E-state index in [1.165, 1.54) is 12.1 Å². The van der Waals surface area contributed by atoms with Crippen LogP contribution in [0.4, 0.5) is 8.78 Å². The van der Waals surface area contributed by atoms with E-state index in [1.54, 1.807) is 0 Å². The summed E-state index contributed by atoms with van der Waals surface area (Å²) in [6, 6.07) is 8.62. The number of hydrazine groups is 1. The molecule has 2 nitrogen and oxygen atoms in total. The molecule has 0 saturated carbocycles. The van der Waals surface area contributed by atoms with Gasteiger partial charge in [0.2, 0.25) is 0 Å². The van der Waals surface area contributed by atoms with Gasteiger partial charge in [0.25, 0.3) is 0 Å². The first-order valence-corrected chi connectivity index (χ1v) is 6.48. The highest BCUT2D eigenvalue weighted by Gasteiger charge is 2.17. The predicted octanol–water partition coefficient (Wildman–Crippen LogP) is 3.59. The molecule has 0 fully saturated rings. The maximum atomic E-state index is 13.8. The molecule has 0 saturated heterocycles. The van der Waals surface area contributed by atoms with Crippen LogP contribution in [-0.2, 0) is 0 Å². The summed E-state index contributed by atoms with van der Waals surface area (Å²) in [6.45, 7) is 1.93. The Morgan fingerprint density at radius 1 is 1.16 bits per heavy atom. The molecule has 2 aromatic rings. The van der Waals surface area contributed by atoms with Gasteiger partial charge in [-0.3, -0.25) is 5.84 Å². The van der Waals surface area contributed by atoms with Gasteiger partial charge in [-0.25, -0.2) is 14.2 Å². The van der Waals surface area contributed by atoms with Crippen LogP contribution in [0.3, 0.4) is 0 Å². The highest BCUT2D eigenvalue weighted by molar-refractivity contribution is 9.10. The number of aryl methyl sites for hydroxylation is 1. The molecule has 2 rings (SSSR count). The van der Waals surface area contributed by atoms with Gasteiger partial charge in [0.15, 0.2) is 0 Å². The Morgan fingerprint density at radius 2 is 1.89 bits per heavy atom. The number of hydrogen-bond donors (Lipinski definition) is 2. The van der Waals surface area contributed by atoms with Crippen LogP contribution in [0.2, 0.25) is 0 Å². The molecule has 0 spiro atoms. The molecule has 0 aromatic heterocycles. The molecular weight excluding hydrogens is 314 g/mol. The van der Waals surface area contributed by atoms with Crippen molar-refractivity contribution < 1.29 is 8.78 Å². The third-order valence-electron chi connectivity index (χ3n) is 2.84. The monoisotopic (exact) mass is 326 g/mol. The van der Waals surface area contributed by atoms with Crippen molar-refractivity contribution in [3.05, 3.63) is 69.2 Å². The SMILES string of the molecule is Cc1cc(Br)cc(C(NN)c2ccc(F)cc2F)c1. The number of benzene rings is 2. The molecule has 0 aliphatic rings. The summed E-state index contributed by atoms with van der Waals surface area (Å²) in [6.07, 6.45) is 0. The van der Waals surface area contributed by atoms with Crippen LogP contribution in [0, 0.1) is 18.6 Å². The largest absolute Gasteiger partial charge is 0.271 e. The van der Waals surface area contributed by atoms with Gasteiger partial charge < -0.3 is 0 Å². The topological polar surface area (TPSA) is 38.0 Å². The van der Waals surface area contributed by atoms with E-state index in [0.29, 0.717) is 5.56 Å². The average Bonchev–Trinajstić information content (AvgIpc) is 2.31. The number of rotatable bonds is 3. The Morgan fingerprint density at radius 3 is 2.47 bits per heavy atom. The van der Waals surface area contributed by atoms with Gasteiger partial charge >= 0.3 is 0 Å². The molecule has 3 N–H and O–H groups in total. The zero-order valence-electron chi connectivity index (χ0n) is 10.3. The number of hydrogen-bond acceptors (Lipinski definition) is 2. The highest BCUT2D eigenvalue weighted by Crippen LogP contribution is 2.27. The van der Waals surface area contributed by atoms with Crippen LogP contribution in [0.1, 0.15) is 22.7 Å². The molecule has 1 atom stereocenters. The number of halogens is 3. The van der Waals surface area contributed by atoms with Gasteiger partial charge in [-0.1, -0.05) is 28.1 Å².